The number of benzene rings is 1. The van der Waals surface area contributed by atoms with Crippen molar-refractivity contribution in [1.82, 2.24) is 5.32 Å². The van der Waals surface area contributed by atoms with Gasteiger partial charge in [-0.05, 0) is 62.8 Å². The SMILES string of the molecule is Cc1cc(CNCC(C)C)ccc1N1CCCCC1C. The summed E-state index contributed by atoms with van der Waals surface area (Å²) in [7, 11) is 0. The van der Waals surface area contributed by atoms with Gasteiger partial charge in [-0.25, -0.2) is 0 Å². The maximum atomic E-state index is 3.52. The summed E-state index contributed by atoms with van der Waals surface area (Å²) >= 11 is 0. The van der Waals surface area contributed by atoms with E-state index in [0.29, 0.717) is 12.0 Å². The van der Waals surface area contributed by atoms with Crippen LogP contribution in [0.3, 0.4) is 0 Å². The Morgan fingerprint density at radius 3 is 2.75 bits per heavy atom. The van der Waals surface area contributed by atoms with Gasteiger partial charge in [-0.15, -0.1) is 0 Å². The molecular formula is C18H30N2. The van der Waals surface area contributed by atoms with Crippen LogP contribution in [0.5, 0.6) is 0 Å². The molecule has 1 saturated heterocycles. The molecule has 0 spiro atoms. The Morgan fingerprint density at radius 2 is 2.10 bits per heavy atom. The van der Waals surface area contributed by atoms with Gasteiger partial charge in [-0.1, -0.05) is 26.0 Å². The zero-order valence-corrected chi connectivity index (χ0v) is 13.6. The summed E-state index contributed by atoms with van der Waals surface area (Å²) in [5, 5.41) is 3.52. The van der Waals surface area contributed by atoms with Gasteiger partial charge in [-0.3, -0.25) is 0 Å². The second-order valence-electron chi connectivity index (χ2n) is 6.68. The summed E-state index contributed by atoms with van der Waals surface area (Å²) in [6.07, 6.45) is 4.05. The van der Waals surface area contributed by atoms with Crippen LogP contribution < -0.4 is 10.2 Å². The lowest BCUT2D eigenvalue weighted by Gasteiger charge is -2.36. The number of rotatable bonds is 5. The number of aryl methyl sites for hydroxylation is 1. The van der Waals surface area contributed by atoms with E-state index in [2.05, 4.69) is 56.1 Å². The van der Waals surface area contributed by atoms with E-state index in [9.17, 15) is 0 Å². The monoisotopic (exact) mass is 274 g/mol. The van der Waals surface area contributed by atoms with Crippen LogP contribution in [0.4, 0.5) is 5.69 Å². The first-order chi connectivity index (χ1) is 9.58. The standard InChI is InChI=1S/C18H30N2/c1-14(2)12-19-13-17-8-9-18(15(3)11-17)20-10-6-5-7-16(20)4/h8-9,11,14,16,19H,5-7,10,12-13H2,1-4H3. The molecule has 1 aromatic rings. The first-order valence-electron chi connectivity index (χ1n) is 8.15. The minimum absolute atomic E-state index is 0.687. The molecule has 20 heavy (non-hydrogen) atoms. The van der Waals surface area contributed by atoms with Gasteiger partial charge in [0.25, 0.3) is 0 Å². The third kappa shape index (κ3) is 3.99. The molecule has 2 rings (SSSR count). The van der Waals surface area contributed by atoms with Gasteiger partial charge in [0.2, 0.25) is 0 Å². The second kappa shape index (κ2) is 7.12. The first-order valence-corrected chi connectivity index (χ1v) is 8.15. The van der Waals surface area contributed by atoms with Crippen LogP contribution in [-0.4, -0.2) is 19.1 Å². The number of hydrogen-bond donors (Lipinski definition) is 1. The molecule has 2 nitrogen and oxygen atoms in total. The van der Waals surface area contributed by atoms with Gasteiger partial charge < -0.3 is 10.2 Å². The maximum absolute atomic E-state index is 3.52. The van der Waals surface area contributed by atoms with E-state index in [4.69, 9.17) is 0 Å². The predicted octanol–water partition coefficient (Wildman–Crippen LogP) is 4.12. The van der Waals surface area contributed by atoms with E-state index in [0.717, 1.165) is 13.1 Å². The summed E-state index contributed by atoms with van der Waals surface area (Å²) < 4.78 is 0. The molecule has 0 aliphatic carbocycles. The lowest BCUT2D eigenvalue weighted by Crippen LogP contribution is -2.37. The van der Waals surface area contributed by atoms with Crippen molar-refractivity contribution in [3.05, 3.63) is 29.3 Å². The zero-order valence-electron chi connectivity index (χ0n) is 13.6. The van der Waals surface area contributed by atoms with Crippen molar-refractivity contribution in [3.63, 3.8) is 0 Å². The maximum Gasteiger partial charge on any atom is 0.0398 e. The molecule has 1 fully saturated rings. The lowest BCUT2D eigenvalue weighted by atomic mass is 10.0. The number of hydrogen-bond acceptors (Lipinski definition) is 2. The summed E-state index contributed by atoms with van der Waals surface area (Å²) in [5.41, 5.74) is 4.25. The molecule has 0 radical (unpaired) electrons. The highest BCUT2D eigenvalue weighted by molar-refractivity contribution is 5.55. The molecule has 1 unspecified atom stereocenters. The second-order valence-corrected chi connectivity index (χ2v) is 6.68. The highest BCUT2D eigenvalue weighted by atomic mass is 15.2. The number of anilines is 1. The minimum Gasteiger partial charge on any atom is -0.369 e. The van der Waals surface area contributed by atoms with Gasteiger partial charge in [0.15, 0.2) is 0 Å². The molecule has 2 heteroatoms. The molecular weight excluding hydrogens is 244 g/mol. The van der Waals surface area contributed by atoms with E-state index in [-0.39, 0.29) is 0 Å². The van der Waals surface area contributed by atoms with Gasteiger partial charge in [0, 0.05) is 24.8 Å². The molecule has 0 saturated carbocycles. The van der Waals surface area contributed by atoms with Crippen LogP contribution >= 0.6 is 0 Å². The summed E-state index contributed by atoms with van der Waals surface area (Å²) in [4.78, 5) is 2.59. The molecule has 1 aromatic carbocycles. The van der Waals surface area contributed by atoms with Crippen LogP contribution in [0, 0.1) is 12.8 Å². The van der Waals surface area contributed by atoms with Gasteiger partial charge in [0.1, 0.15) is 0 Å². The number of nitrogens with one attached hydrogen (secondary N) is 1. The summed E-state index contributed by atoms with van der Waals surface area (Å²) in [6.45, 7) is 12.4. The molecule has 1 N–H and O–H groups in total. The highest BCUT2D eigenvalue weighted by Gasteiger charge is 2.19. The number of piperidine rings is 1. The van der Waals surface area contributed by atoms with Crippen molar-refractivity contribution in [1.29, 1.82) is 0 Å². The fraction of sp³-hybridized carbons (Fsp3) is 0.667. The topological polar surface area (TPSA) is 15.3 Å². The molecule has 1 atom stereocenters. The van der Waals surface area contributed by atoms with Crippen molar-refractivity contribution in [2.45, 2.75) is 59.5 Å². The van der Waals surface area contributed by atoms with Crippen LogP contribution in [0.25, 0.3) is 0 Å². The van der Waals surface area contributed by atoms with E-state index < -0.39 is 0 Å². The highest BCUT2D eigenvalue weighted by Crippen LogP contribution is 2.28. The van der Waals surface area contributed by atoms with Crippen molar-refractivity contribution < 1.29 is 0 Å². The Bertz CT molecular complexity index is 425. The average molecular weight is 274 g/mol. The molecule has 1 heterocycles. The van der Waals surface area contributed by atoms with Crippen LogP contribution in [0.2, 0.25) is 0 Å². The smallest absolute Gasteiger partial charge is 0.0398 e. The fourth-order valence-electron chi connectivity index (χ4n) is 3.11. The van der Waals surface area contributed by atoms with E-state index >= 15 is 0 Å². The van der Waals surface area contributed by atoms with Crippen molar-refractivity contribution >= 4 is 5.69 Å². The summed E-state index contributed by atoms with van der Waals surface area (Å²) in [5.74, 6) is 0.713. The lowest BCUT2D eigenvalue weighted by molar-refractivity contribution is 0.484. The zero-order chi connectivity index (χ0) is 14.5. The van der Waals surface area contributed by atoms with Gasteiger partial charge >= 0.3 is 0 Å². The molecule has 0 aromatic heterocycles. The quantitative estimate of drug-likeness (QED) is 0.869. The normalized spacial score (nSPS) is 19.6. The van der Waals surface area contributed by atoms with Crippen LogP contribution in [-0.2, 0) is 6.54 Å². The third-order valence-electron chi connectivity index (χ3n) is 4.26. The van der Waals surface area contributed by atoms with Crippen molar-refractivity contribution in [3.8, 4) is 0 Å². The van der Waals surface area contributed by atoms with Gasteiger partial charge in [0.05, 0.1) is 0 Å². The largest absolute Gasteiger partial charge is 0.369 e. The first kappa shape index (κ1) is 15.4. The Morgan fingerprint density at radius 1 is 1.30 bits per heavy atom. The minimum atomic E-state index is 0.687. The Balaban J connectivity index is 2.01. The molecule has 112 valence electrons. The van der Waals surface area contributed by atoms with E-state index in [1.807, 2.05) is 0 Å². The fourth-order valence-corrected chi connectivity index (χ4v) is 3.11. The van der Waals surface area contributed by atoms with Crippen molar-refractivity contribution in [2.75, 3.05) is 18.0 Å². The number of nitrogens with zero attached hydrogens (tertiary/aromatic N) is 1. The van der Waals surface area contributed by atoms with E-state index in [1.165, 1.54) is 42.6 Å². The van der Waals surface area contributed by atoms with Crippen LogP contribution in [0.1, 0.15) is 51.2 Å². The van der Waals surface area contributed by atoms with Crippen molar-refractivity contribution in [2.24, 2.45) is 5.92 Å². The molecule has 0 bridgehead atoms. The van der Waals surface area contributed by atoms with E-state index in [1.54, 1.807) is 0 Å². The molecule has 0 amide bonds. The van der Waals surface area contributed by atoms with Gasteiger partial charge in [-0.2, -0.15) is 0 Å². The molecule has 1 aliphatic rings. The Hall–Kier alpha value is -1.02. The Labute approximate surface area is 124 Å². The molecule has 1 aliphatic heterocycles. The van der Waals surface area contributed by atoms with Crippen LogP contribution in [0.15, 0.2) is 18.2 Å². The summed E-state index contributed by atoms with van der Waals surface area (Å²) in [6, 6.07) is 7.65. The predicted molar refractivity (Wildman–Crippen MR) is 88.4 cm³/mol. The Kier molecular flexibility index (Phi) is 5.47. The third-order valence-corrected chi connectivity index (χ3v) is 4.26. The average Bonchev–Trinajstić information content (AvgIpc) is 2.40.